The number of halogens is 2. The van der Waals surface area contributed by atoms with Crippen LogP contribution in [-0.2, 0) is 4.79 Å². The predicted octanol–water partition coefficient (Wildman–Crippen LogP) is 3.95. The average Bonchev–Trinajstić information content (AvgIpc) is 2.18. The van der Waals surface area contributed by atoms with Crippen LogP contribution in [0.5, 0.6) is 0 Å². The van der Waals surface area contributed by atoms with Gasteiger partial charge in [-0.3, -0.25) is 4.79 Å². The Morgan fingerprint density at radius 3 is 2.65 bits per heavy atom. The molecule has 0 bridgehead atoms. The normalized spacial score (nSPS) is 11.4. The van der Waals surface area contributed by atoms with Gasteiger partial charge in [0.1, 0.15) is 5.82 Å². The van der Waals surface area contributed by atoms with Crippen LogP contribution in [0.25, 0.3) is 0 Å². The van der Waals surface area contributed by atoms with E-state index in [4.69, 9.17) is 11.6 Å². The Balaban J connectivity index is 2.57. The molecule has 94 valence electrons. The molecule has 0 heterocycles. The van der Waals surface area contributed by atoms with Gasteiger partial charge in [-0.15, -0.1) is 11.8 Å². The fourth-order valence-corrected chi connectivity index (χ4v) is 1.91. The minimum absolute atomic E-state index is 0.0317. The summed E-state index contributed by atoms with van der Waals surface area (Å²) in [6.07, 6.45) is 0. The Morgan fingerprint density at radius 1 is 1.47 bits per heavy atom. The standard InChI is InChI=1S/C12H15ClFNOS/c1-12(2,3)17-7-11(16)15-10-5-4-8(14)6-9(10)13/h4-6H,7H2,1-3H3,(H,15,16). The van der Waals surface area contributed by atoms with Gasteiger partial charge in [0.15, 0.2) is 0 Å². The maximum Gasteiger partial charge on any atom is 0.234 e. The number of rotatable bonds is 3. The van der Waals surface area contributed by atoms with Gasteiger partial charge in [-0.1, -0.05) is 32.4 Å². The largest absolute Gasteiger partial charge is 0.324 e. The van der Waals surface area contributed by atoms with Gasteiger partial charge in [0.2, 0.25) is 5.91 Å². The van der Waals surface area contributed by atoms with Crippen molar-refractivity contribution in [3.8, 4) is 0 Å². The van der Waals surface area contributed by atoms with Gasteiger partial charge in [-0.2, -0.15) is 0 Å². The van der Waals surface area contributed by atoms with E-state index in [-0.39, 0.29) is 15.7 Å². The van der Waals surface area contributed by atoms with E-state index in [9.17, 15) is 9.18 Å². The molecular formula is C12H15ClFNOS. The second-order valence-electron chi connectivity index (χ2n) is 4.57. The number of carbonyl (C=O) groups is 1. The van der Waals surface area contributed by atoms with Crippen LogP contribution >= 0.6 is 23.4 Å². The molecule has 1 rings (SSSR count). The third-order valence-electron chi connectivity index (χ3n) is 1.84. The maximum atomic E-state index is 12.8. The zero-order valence-electron chi connectivity index (χ0n) is 10.0. The summed E-state index contributed by atoms with van der Waals surface area (Å²) in [7, 11) is 0. The number of carbonyl (C=O) groups excluding carboxylic acids is 1. The molecule has 5 heteroatoms. The van der Waals surface area contributed by atoms with Crippen LogP contribution in [0.1, 0.15) is 20.8 Å². The summed E-state index contributed by atoms with van der Waals surface area (Å²) >= 11 is 7.34. The lowest BCUT2D eigenvalue weighted by molar-refractivity contribution is -0.113. The molecular weight excluding hydrogens is 261 g/mol. The van der Waals surface area contributed by atoms with Crippen molar-refractivity contribution in [3.05, 3.63) is 29.0 Å². The van der Waals surface area contributed by atoms with Crippen molar-refractivity contribution in [2.24, 2.45) is 0 Å². The molecule has 1 aromatic rings. The lowest BCUT2D eigenvalue weighted by atomic mass is 10.3. The third-order valence-corrected chi connectivity index (χ3v) is 3.43. The minimum atomic E-state index is -0.419. The molecule has 0 atom stereocenters. The molecule has 0 spiro atoms. The van der Waals surface area contributed by atoms with Gasteiger partial charge in [0.25, 0.3) is 0 Å². The van der Waals surface area contributed by atoms with E-state index in [0.717, 1.165) is 0 Å². The molecule has 0 fully saturated rings. The highest BCUT2D eigenvalue weighted by atomic mass is 35.5. The first-order chi connectivity index (χ1) is 7.78. The molecule has 2 nitrogen and oxygen atoms in total. The third kappa shape index (κ3) is 5.41. The molecule has 0 unspecified atom stereocenters. The summed E-state index contributed by atoms with van der Waals surface area (Å²) in [6, 6.07) is 3.89. The fourth-order valence-electron chi connectivity index (χ4n) is 1.06. The lowest BCUT2D eigenvalue weighted by Gasteiger charge is -2.17. The van der Waals surface area contributed by atoms with E-state index in [1.807, 2.05) is 20.8 Å². The van der Waals surface area contributed by atoms with E-state index >= 15 is 0 Å². The summed E-state index contributed by atoms with van der Waals surface area (Å²) in [5.41, 5.74) is 0.438. The summed E-state index contributed by atoms with van der Waals surface area (Å²) in [6.45, 7) is 6.11. The monoisotopic (exact) mass is 275 g/mol. The van der Waals surface area contributed by atoms with Crippen LogP contribution in [0.3, 0.4) is 0 Å². The first-order valence-electron chi connectivity index (χ1n) is 5.17. The second-order valence-corrected chi connectivity index (χ2v) is 6.78. The van der Waals surface area contributed by atoms with Gasteiger partial charge in [-0.25, -0.2) is 4.39 Å². The molecule has 1 aromatic carbocycles. The van der Waals surface area contributed by atoms with Crippen LogP contribution in [0.2, 0.25) is 5.02 Å². The highest BCUT2D eigenvalue weighted by molar-refractivity contribution is 8.01. The minimum Gasteiger partial charge on any atom is -0.324 e. The van der Waals surface area contributed by atoms with Gasteiger partial charge in [-0.05, 0) is 18.2 Å². The number of nitrogens with one attached hydrogen (secondary N) is 1. The molecule has 0 saturated carbocycles. The number of hydrogen-bond donors (Lipinski definition) is 1. The molecule has 0 aromatic heterocycles. The van der Waals surface area contributed by atoms with E-state index in [1.165, 1.54) is 18.2 Å². The highest BCUT2D eigenvalue weighted by Gasteiger charge is 2.14. The summed E-state index contributed by atoms with van der Waals surface area (Å²) in [4.78, 5) is 11.6. The maximum absolute atomic E-state index is 12.8. The van der Waals surface area contributed by atoms with Crippen molar-refractivity contribution in [1.82, 2.24) is 0 Å². The van der Waals surface area contributed by atoms with Crippen molar-refractivity contribution < 1.29 is 9.18 Å². The van der Waals surface area contributed by atoms with Crippen LogP contribution < -0.4 is 5.32 Å². The molecule has 1 N–H and O–H groups in total. The van der Waals surface area contributed by atoms with E-state index in [2.05, 4.69) is 5.32 Å². The summed E-state index contributed by atoms with van der Waals surface area (Å²) in [5, 5.41) is 2.86. The SMILES string of the molecule is CC(C)(C)SCC(=O)Nc1ccc(F)cc1Cl. The Morgan fingerprint density at radius 2 is 2.12 bits per heavy atom. The van der Waals surface area contributed by atoms with Crippen molar-refractivity contribution in [2.45, 2.75) is 25.5 Å². The smallest absolute Gasteiger partial charge is 0.234 e. The van der Waals surface area contributed by atoms with Crippen LogP contribution in [0.15, 0.2) is 18.2 Å². The summed E-state index contributed by atoms with van der Waals surface area (Å²) in [5.74, 6) is -0.215. The highest BCUT2D eigenvalue weighted by Crippen LogP contribution is 2.25. The zero-order chi connectivity index (χ0) is 13.1. The molecule has 0 aliphatic carbocycles. The van der Waals surface area contributed by atoms with Crippen LogP contribution in [0.4, 0.5) is 10.1 Å². The fraction of sp³-hybridized carbons (Fsp3) is 0.417. The second kappa shape index (κ2) is 5.74. The van der Waals surface area contributed by atoms with Crippen molar-refractivity contribution in [2.75, 3.05) is 11.1 Å². The quantitative estimate of drug-likeness (QED) is 0.905. The van der Waals surface area contributed by atoms with Crippen molar-refractivity contribution in [1.29, 1.82) is 0 Å². The molecule has 1 amide bonds. The predicted molar refractivity (Wildman–Crippen MR) is 72.3 cm³/mol. The summed E-state index contributed by atoms with van der Waals surface area (Å²) < 4.78 is 12.8. The average molecular weight is 276 g/mol. The van der Waals surface area contributed by atoms with E-state index < -0.39 is 5.82 Å². The Kier molecular flexibility index (Phi) is 4.83. The molecule has 0 saturated heterocycles. The van der Waals surface area contributed by atoms with Crippen LogP contribution in [0, 0.1) is 5.82 Å². The van der Waals surface area contributed by atoms with Gasteiger partial charge in [0.05, 0.1) is 16.5 Å². The molecule has 0 aliphatic rings. The Labute approximate surface area is 110 Å². The number of hydrogen-bond acceptors (Lipinski definition) is 2. The van der Waals surface area contributed by atoms with E-state index in [0.29, 0.717) is 11.4 Å². The molecule has 17 heavy (non-hydrogen) atoms. The van der Waals surface area contributed by atoms with Crippen molar-refractivity contribution in [3.63, 3.8) is 0 Å². The van der Waals surface area contributed by atoms with Crippen molar-refractivity contribution >= 4 is 35.0 Å². The van der Waals surface area contributed by atoms with Gasteiger partial charge >= 0.3 is 0 Å². The first kappa shape index (κ1) is 14.3. The number of benzene rings is 1. The van der Waals surface area contributed by atoms with Gasteiger partial charge in [0, 0.05) is 4.75 Å². The molecule has 0 aliphatic heterocycles. The first-order valence-corrected chi connectivity index (χ1v) is 6.53. The number of anilines is 1. The number of amides is 1. The number of thioether (sulfide) groups is 1. The lowest BCUT2D eigenvalue weighted by Crippen LogP contribution is -2.19. The zero-order valence-corrected chi connectivity index (χ0v) is 11.6. The van der Waals surface area contributed by atoms with Gasteiger partial charge < -0.3 is 5.32 Å². The topological polar surface area (TPSA) is 29.1 Å². The van der Waals surface area contributed by atoms with Crippen LogP contribution in [-0.4, -0.2) is 16.4 Å². The van der Waals surface area contributed by atoms with E-state index in [1.54, 1.807) is 11.8 Å². The Bertz CT molecular complexity index is 417. The molecule has 0 radical (unpaired) electrons. The Hall–Kier alpha value is -0.740.